The van der Waals surface area contributed by atoms with Crippen molar-refractivity contribution in [2.45, 2.75) is 30.1 Å². The Balaban J connectivity index is 3.15. The van der Waals surface area contributed by atoms with Crippen LogP contribution in [-0.4, -0.2) is 25.3 Å². The summed E-state index contributed by atoms with van der Waals surface area (Å²) in [6, 6.07) is 4.42. The minimum absolute atomic E-state index is 0.216. The van der Waals surface area contributed by atoms with E-state index in [2.05, 4.69) is 13.8 Å². The fourth-order valence-electron chi connectivity index (χ4n) is 1.50. The summed E-state index contributed by atoms with van der Waals surface area (Å²) in [6.45, 7) is 4.14. The molecule has 0 heterocycles. The standard InChI is InChI=1S/C12H17NO4S2/c1-9(2)7-8-18-10-5-4-6-11(19(3,16)17)12(10)13(14)15/h4-6,9H,7-8H2,1-3H3. The summed E-state index contributed by atoms with van der Waals surface area (Å²) in [5.74, 6) is 1.23. The summed E-state index contributed by atoms with van der Waals surface area (Å²) >= 11 is 1.33. The summed E-state index contributed by atoms with van der Waals surface area (Å²) in [6.07, 6.45) is 1.91. The molecule has 0 aliphatic heterocycles. The number of hydrogen-bond acceptors (Lipinski definition) is 5. The number of rotatable bonds is 6. The van der Waals surface area contributed by atoms with E-state index in [9.17, 15) is 18.5 Å². The van der Waals surface area contributed by atoms with Gasteiger partial charge in [0.1, 0.15) is 4.90 Å². The van der Waals surface area contributed by atoms with Crippen molar-refractivity contribution < 1.29 is 13.3 Å². The van der Waals surface area contributed by atoms with Crippen LogP contribution in [0.2, 0.25) is 0 Å². The predicted molar refractivity (Wildman–Crippen MR) is 76.4 cm³/mol. The molecule has 19 heavy (non-hydrogen) atoms. The van der Waals surface area contributed by atoms with Crippen LogP contribution in [0.1, 0.15) is 20.3 Å². The highest BCUT2D eigenvalue weighted by atomic mass is 32.2. The third-order valence-electron chi connectivity index (χ3n) is 2.50. The minimum Gasteiger partial charge on any atom is -0.258 e. The average Bonchev–Trinajstić information content (AvgIpc) is 2.26. The molecule has 0 radical (unpaired) electrons. The molecular formula is C12H17NO4S2. The van der Waals surface area contributed by atoms with Gasteiger partial charge in [0.15, 0.2) is 9.84 Å². The number of nitro groups is 1. The lowest BCUT2D eigenvalue weighted by Crippen LogP contribution is -2.04. The van der Waals surface area contributed by atoms with Crippen molar-refractivity contribution in [3.63, 3.8) is 0 Å². The first-order valence-corrected chi connectivity index (χ1v) is 8.71. The molecule has 0 atom stereocenters. The second-order valence-electron chi connectivity index (χ2n) is 4.66. The van der Waals surface area contributed by atoms with Gasteiger partial charge in [-0.1, -0.05) is 19.9 Å². The van der Waals surface area contributed by atoms with Gasteiger partial charge in [0.05, 0.1) is 9.82 Å². The Hall–Kier alpha value is -1.08. The molecule has 1 rings (SSSR count). The molecule has 0 amide bonds. The summed E-state index contributed by atoms with van der Waals surface area (Å²) in [5, 5.41) is 11.1. The zero-order valence-electron chi connectivity index (χ0n) is 11.1. The normalized spacial score (nSPS) is 11.8. The van der Waals surface area contributed by atoms with Crippen LogP contribution < -0.4 is 0 Å². The van der Waals surface area contributed by atoms with Crippen LogP contribution in [-0.2, 0) is 9.84 Å². The van der Waals surface area contributed by atoms with Crippen molar-refractivity contribution in [1.29, 1.82) is 0 Å². The van der Waals surface area contributed by atoms with Gasteiger partial charge in [-0.3, -0.25) is 10.1 Å². The third kappa shape index (κ3) is 4.50. The highest BCUT2D eigenvalue weighted by Gasteiger charge is 2.25. The van der Waals surface area contributed by atoms with Crippen LogP contribution in [0, 0.1) is 16.0 Å². The second-order valence-corrected chi connectivity index (χ2v) is 7.78. The first kappa shape index (κ1) is 16.0. The number of sulfone groups is 1. The van der Waals surface area contributed by atoms with Crippen LogP contribution in [0.15, 0.2) is 28.0 Å². The molecule has 0 fully saturated rings. The quantitative estimate of drug-likeness (QED) is 0.458. The highest BCUT2D eigenvalue weighted by molar-refractivity contribution is 7.99. The smallest absolute Gasteiger partial charge is 0.258 e. The number of nitrogens with zero attached hydrogens (tertiary/aromatic N) is 1. The molecule has 106 valence electrons. The Kier molecular flexibility index (Phi) is 5.37. The van der Waals surface area contributed by atoms with Crippen molar-refractivity contribution in [2.75, 3.05) is 12.0 Å². The number of para-hydroxylation sites is 1. The monoisotopic (exact) mass is 303 g/mol. The van der Waals surface area contributed by atoms with E-state index in [4.69, 9.17) is 0 Å². The van der Waals surface area contributed by atoms with Crippen LogP contribution in [0.3, 0.4) is 0 Å². The second kappa shape index (κ2) is 6.38. The van der Waals surface area contributed by atoms with Crippen LogP contribution in [0.5, 0.6) is 0 Å². The van der Waals surface area contributed by atoms with E-state index in [-0.39, 0.29) is 10.6 Å². The Morgan fingerprint density at radius 3 is 2.47 bits per heavy atom. The lowest BCUT2D eigenvalue weighted by molar-refractivity contribution is -0.390. The molecule has 0 N–H and O–H groups in total. The van der Waals surface area contributed by atoms with E-state index in [0.717, 1.165) is 18.4 Å². The van der Waals surface area contributed by atoms with Crippen molar-refractivity contribution in [1.82, 2.24) is 0 Å². The zero-order chi connectivity index (χ0) is 14.6. The Morgan fingerprint density at radius 1 is 1.37 bits per heavy atom. The molecule has 0 unspecified atom stereocenters. The number of benzene rings is 1. The Morgan fingerprint density at radius 2 is 2.00 bits per heavy atom. The van der Waals surface area contributed by atoms with Gasteiger partial charge in [0.25, 0.3) is 0 Å². The number of hydrogen-bond donors (Lipinski definition) is 0. The van der Waals surface area contributed by atoms with E-state index in [1.54, 1.807) is 12.1 Å². The molecule has 0 aromatic heterocycles. The van der Waals surface area contributed by atoms with Gasteiger partial charge in [-0.15, -0.1) is 11.8 Å². The third-order valence-corrected chi connectivity index (χ3v) is 4.71. The van der Waals surface area contributed by atoms with Gasteiger partial charge in [0.2, 0.25) is 0 Å². The Bertz CT molecular complexity index is 567. The van der Waals surface area contributed by atoms with Gasteiger partial charge < -0.3 is 0 Å². The van der Waals surface area contributed by atoms with Gasteiger partial charge in [0, 0.05) is 6.26 Å². The molecule has 0 saturated heterocycles. The fourth-order valence-corrected chi connectivity index (χ4v) is 3.73. The molecule has 5 nitrogen and oxygen atoms in total. The maximum absolute atomic E-state index is 11.6. The van der Waals surface area contributed by atoms with Crippen molar-refractivity contribution in [3.05, 3.63) is 28.3 Å². The lowest BCUT2D eigenvalue weighted by Gasteiger charge is -2.07. The fraction of sp³-hybridized carbons (Fsp3) is 0.500. The van der Waals surface area contributed by atoms with Crippen molar-refractivity contribution in [3.8, 4) is 0 Å². The molecule has 0 bridgehead atoms. The summed E-state index contributed by atoms with van der Waals surface area (Å²) in [5.41, 5.74) is -0.307. The molecule has 1 aromatic carbocycles. The highest BCUT2D eigenvalue weighted by Crippen LogP contribution is 2.35. The average molecular weight is 303 g/mol. The van der Waals surface area contributed by atoms with Gasteiger partial charge >= 0.3 is 5.69 Å². The molecule has 0 spiro atoms. The van der Waals surface area contributed by atoms with Gasteiger partial charge in [-0.2, -0.15) is 0 Å². The first-order chi connectivity index (χ1) is 8.73. The number of thioether (sulfide) groups is 1. The number of nitro benzene ring substituents is 1. The maximum Gasteiger partial charge on any atom is 0.301 e. The molecule has 0 aliphatic carbocycles. The zero-order valence-corrected chi connectivity index (χ0v) is 12.8. The van der Waals surface area contributed by atoms with E-state index in [1.807, 2.05) is 0 Å². The van der Waals surface area contributed by atoms with E-state index in [0.29, 0.717) is 10.8 Å². The summed E-state index contributed by atoms with van der Waals surface area (Å²) in [4.78, 5) is 10.7. The Labute approximate surface area is 117 Å². The van der Waals surface area contributed by atoms with E-state index >= 15 is 0 Å². The van der Waals surface area contributed by atoms with Crippen LogP contribution >= 0.6 is 11.8 Å². The molecule has 0 saturated carbocycles. The lowest BCUT2D eigenvalue weighted by atomic mass is 10.2. The van der Waals surface area contributed by atoms with Crippen molar-refractivity contribution >= 4 is 27.3 Å². The van der Waals surface area contributed by atoms with E-state index < -0.39 is 14.8 Å². The first-order valence-electron chi connectivity index (χ1n) is 5.83. The molecular weight excluding hydrogens is 286 g/mol. The largest absolute Gasteiger partial charge is 0.301 e. The topological polar surface area (TPSA) is 77.3 Å². The van der Waals surface area contributed by atoms with Crippen LogP contribution in [0.25, 0.3) is 0 Å². The molecule has 1 aromatic rings. The van der Waals surface area contributed by atoms with Crippen LogP contribution in [0.4, 0.5) is 5.69 Å². The summed E-state index contributed by atoms with van der Waals surface area (Å²) < 4.78 is 23.2. The van der Waals surface area contributed by atoms with Gasteiger partial charge in [-0.05, 0) is 30.2 Å². The maximum atomic E-state index is 11.6. The van der Waals surface area contributed by atoms with Gasteiger partial charge in [-0.25, -0.2) is 8.42 Å². The SMILES string of the molecule is CC(C)CCSc1cccc(S(C)(=O)=O)c1[N+](=O)[O-]. The minimum atomic E-state index is -3.60. The molecule has 0 aliphatic rings. The summed E-state index contributed by atoms with van der Waals surface area (Å²) in [7, 11) is -3.60. The van der Waals surface area contributed by atoms with Crippen molar-refractivity contribution in [2.24, 2.45) is 5.92 Å². The predicted octanol–water partition coefficient (Wildman–Crippen LogP) is 3.14. The van der Waals surface area contributed by atoms with E-state index in [1.165, 1.54) is 17.8 Å². The molecule has 7 heteroatoms.